The van der Waals surface area contributed by atoms with Gasteiger partial charge in [0, 0.05) is 12.8 Å². The number of anilines is 1. The number of hydrogen-bond acceptors (Lipinski definition) is 4. The third-order valence-corrected chi connectivity index (χ3v) is 4.19. The number of aryl methyl sites for hydroxylation is 1. The van der Waals surface area contributed by atoms with Gasteiger partial charge in [-0.05, 0) is 61.5 Å². The molecule has 30 heavy (non-hydrogen) atoms. The fraction of sp³-hybridized carbons (Fsp3) is 0.182. The van der Waals surface area contributed by atoms with Crippen LogP contribution < -0.4 is 10.1 Å². The van der Waals surface area contributed by atoms with Crippen molar-refractivity contribution in [1.82, 2.24) is 4.98 Å². The lowest BCUT2D eigenvalue weighted by Crippen LogP contribution is -2.14. The summed E-state index contributed by atoms with van der Waals surface area (Å²) in [5, 5.41) is 2.76. The summed E-state index contributed by atoms with van der Waals surface area (Å²) >= 11 is 0. The monoisotopic (exact) mass is 416 g/mol. The first-order chi connectivity index (χ1) is 14.3. The Labute approximate surface area is 171 Å². The highest BCUT2D eigenvalue weighted by molar-refractivity contribution is 6.05. The molecule has 0 aliphatic heterocycles. The summed E-state index contributed by atoms with van der Waals surface area (Å²) in [7, 11) is 1.57. The van der Waals surface area contributed by atoms with Gasteiger partial charge in [-0.1, -0.05) is 6.07 Å². The van der Waals surface area contributed by atoms with E-state index in [0.29, 0.717) is 29.3 Å². The van der Waals surface area contributed by atoms with Crippen molar-refractivity contribution < 1.29 is 27.4 Å². The van der Waals surface area contributed by atoms with Crippen molar-refractivity contribution >= 4 is 11.6 Å². The van der Waals surface area contributed by atoms with E-state index in [1.807, 2.05) is 0 Å². The topological polar surface area (TPSA) is 60.5 Å². The average Bonchev–Trinajstić information content (AvgIpc) is 2.69. The van der Waals surface area contributed by atoms with Crippen molar-refractivity contribution in [2.75, 3.05) is 12.4 Å². The van der Waals surface area contributed by atoms with Gasteiger partial charge in [0.25, 0.3) is 5.91 Å². The summed E-state index contributed by atoms with van der Waals surface area (Å²) in [5.41, 5.74) is 1.45. The van der Waals surface area contributed by atoms with Gasteiger partial charge >= 0.3 is 6.18 Å². The predicted octanol–water partition coefficient (Wildman–Crippen LogP) is 5.60. The van der Waals surface area contributed by atoms with E-state index in [0.717, 1.165) is 17.8 Å². The third-order valence-electron chi connectivity index (χ3n) is 4.19. The van der Waals surface area contributed by atoms with Crippen molar-refractivity contribution in [3.8, 4) is 11.5 Å². The number of nitrogens with one attached hydrogen (secondary N) is 1. The maximum atomic E-state index is 12.8. The Kier molecular flexibility index (Phi) is 6.37. The molecule has 0 saturated carbocycles. The van der Waals surface area contributed by atoms with E-state index >= 15 is 0 Å². The van der Waals surface area contributed by atoms with Gasteiger partial charge in [0.15, 0.2) is 0 Å². The number of ether oxygens (including phenoxy) is 2. The van der Waals surface area contributed by atoms with Crippen LogP contribution in [-0.2, 0) is 17.5 Å². The first kappa shape index (κ1) is 21.3. The molecule has 0 atom stereocenters. The Bertz CT molecular complexity index is 1030. The second kappa shape index (κ2) is 8.96. The number of alkyl halides is 3. The SMILES string of the molecule is COCc1ccc(C(=O)Nc2ccc(Oc3cccc(C(F)(F)F)c3)cc2)c(C)n1. The van der Waals surface area contributed by atoms with E-state index < -0.39 is 11.7 Å². The van der Waals surface area contributed by atoms with E-state index in [4.69, 9.17) is 9.47 Å². The molecule has 0 radical (unpaired) electrons. The molecule has 1 aromatic heterocycles. The summed E-state index contributed by atoms with van der Waals surface area (Å²) in [5.74, 6) is 0.0871. The predicted molar refractivity (Wildman–Crippen MR) is 106 cm³/mol. The fourth-order valence-electron chi connectivity index (χ4n) is 2.76. The lowest BCUT2D eigenvalue weighted by molar-refractivity contribution is -0.137. The summed E-state index contributed by atoms with van der Waals surface area (Å²) in [6.07, 6.45) is -4.44. The van der Waals surface area contributed by atoms with Crippen LogP contribution in [0.5, 0.6) is 11.5 Å². The minimum atomic E-state index is -4.44. The molecular formula is C22H19F3N2O3. The Morgan fingerprint density at radius 2 is 1.77 bits per heavy atom. The lowest BCUT2D eigenvalue weighted by atomic mass is 10.1. The molecule has 3 aromatic rings. The molecule has 5 nitrogen and oxygen atoms in total. The van der Waals surface area contributed by atoms with Crippen LogP contribution in [0.2, 0.25) is 0 Å². The number of methoxy groups -OCH3 is 1. The van der Waals surface area contributed by atoms with Crippen LogP contribution in [0.1, 0.15) is 27.3 Å². The average molecular weight is 416 g/mol. The zero-order valence-corrected chi connectivity index (χ0v) is 16.3. The highest BCUT2D eigenvalue weighted by Crippen LogP contribution is 2.32. The summed E-state index contributed by atoms with van der Waals surface area (Å²) in [4.78, 5) is 16.8. The number of hydrogen-bond donors (Lipinski definition) is 1. The number of benzene rings is 2. The van der Waals surface area contributed by atoms with Gasteiger partial charge in [0.1, 0.15) is 11.5 Å². The van der Waals surface area contributed by atoms with Crippen molar-refractivity contribution in [1.29, 1.82) is 0 Å². The standard InChI is InChI=1S/C22H19F3N2O3/c1-14-20(11-8-17(26-14)13-29-2)21(28)27-16-6-9-18(10-7-16)30-19-5-3-4-15(12-19)22(23,24)25/h3-12H,13H2,1-2H3,(H,27,28). The van der Waals surface area contributed by atoms with Crippen LogP contribution in [0.15, 0.2) is 60.7 Å². The molecule has 0 fully saturated rings. The number of rotatable bonds is 6. The largest absolute Gasteiger partial charge is 0.457 e. The molecule has 1 N–H and O–H groups in total. The Morgan fingerprint density at radius 1 is 1.03 bits per heavy atom. The molecule has 0 spiro atoms. The molecule has 0 bridgehead atoms. The van der Waals surface area contributed by atoms with Gasteiger partial charge in [0.2, 0.25) is 0 Å². The number of nitrogens with zero attached hydrogens (tertiary/aromatic N) is 1. The van der Waals surface area contributed by atoms with Crippen LogP contribution in [0.25, 0.3) is 0 Å². The van der Waals surface area contributed by atoms with Gasteiger partial charge in [-0.25, -0.2) is 0 Å². The van der Waals surface area contributed by atoms with Crippen molar-refractivity contribution in [2.24, 2.45) is 0 Å². The minimum absolute atomic E-state index is 0.0689. The van der Waals surface area contributed by atoms with E-state index in [1.54, 1.807) is 50.4 Å². The van der Waals surface area contributed by atoms with E-state index in [1.165, 1.54) is 12.1 Å². The highest BCUT2D eigenvalue weighted by atomic mass is 19.4. The summed E-state index contributed by atoms with van der Waals surface area (Å²) in [6, 6.07) is 14.3. The number of aromatic nitrogens is 1. The quantitative estimate of drug-likeness (QED) is 0.568. The van der Waals surface area contributed by atoms with Crippen LogP contribution in [0, 0.1) is 6.92 Å². The van der Waals surface area contributed by atoms with E-state index in [9.17, 15) is 18.0 Å². The second-order valence-electron chi connectivity index (χ2n) is 6.47. The lowest BCUT2D eigenvalue weighted by Gasteiger charge is -2.11. The summed E-state index contributed by atoms with van der Waals surface area (Å²) in [6.45, 7) is 2.09. The molecule has 1 amide bonds. The number of carbonyl (C=O) groups is 1. The first-order valence-corrected chi connectivity index (χ1v) is 8.98. The van der Waals surface area contributed by atoms with Gasteiger partial charge in [-0.15, -0.1) is 0 Å². The number of amides is 1. The number of pyridine rings is 1. The Balaban J connectivity index is 1.67. The molecule has 8 heteroatoms. The van der Waals surface area contributed by atoms with Gasteiger partial charge in [-0.3, -0.25) is 9.78 Å². The number of carbonyl (C=O) groups excluding carboxylic acids is 1. The molecule has 156 valence electrons. The highest BCUT2D eigenvalue weighted by Gasteiger charge is 2.30. The van der Waals surface area contributed by atoms with Gasteiger partial charge in [0.05, 0.1) is 29.1 Å². The van der Waals surface area contributed by atoms with Gasteiger partial charge in [-0.2, -0.15) is 13.2 Å². The normalized spacial score (nSPS) is 11.2. The van der Waals surface area contributed by atoms with Crippen molar-refractivity contribution in [3.63, 3.8) is 0 Å². The van der Waals surface area contributed by atoms with E-state index in [2.05, 4.69) is 10.3 Å². The second-order valence-corrected chi connectivity index (χ2v) is 6.47. The molecule has 0 unspecified atom stereocenters. The zero-order chi connectivity index (χ0) is 21.7. The van der Waals surface area contributed by atoms with Crippen molar-refractivity contribution in [2.45, 2.75) is 19.7 Å². The Hall–Kier alpha value is -3.39. The maximum Gasteiger partial charge on any atom is 0.416 e. The van der Waals surface area contributed by atoms with Crippen LogP contribution in [0.4, 0.5) is 18.9 Å². The zero-order valence-electron chi connectivity index (χ0n) is 16.3. The van der Waals surface area contributed by atoms with Crippen molar-refractivity contribution in [3.05, 3.63) is 83.2 Å². The maximum absolute atomic E-state index is 12.8. The molecule has 3 rings (SSSR count). The number of halogens is 3. The molecule has 0 saturated heterocycles. The Morgan fingerprint density at radius 3 is 2.40 bits per heavy atom. The van der Waals surface area contributed by atoms with Crippen LogP contribution >= 0.6 is 0 Å². The fourth-order valence-corrected chi connectivity index (χ4v) is 2.76. The van der Waals surface area contributed by atoms with Crippen LogP contribution in [-0.4, -0.2) is 18.0 Å². The molecule has 1 heterocycles. The smallest absolute Gasteiger partial charge is 0.416 e. The first-order valence-electron chi connectivity index (χ1n) is 8.98. The summed E-state index contributed by atoms with van der Waals surface area (Å²) < 4.78 is 48.9. The third kappa shape index (κ3) is 5.36. The van der Waals surface area contributed by atoms with E-state index in [-0.39, 0.29) is 11.7 Å². The molecular weight excluding hydrogens is 397 g/mol. The van der Waals surface area contributed by atoms with Gasteiger partial charge < -0.3 is 14.8 Å². The molecule has 0 aliphatic carbocycles. The molecule has 0 aliphatic rings. The van der Waals surface area contributed by atoms with Crippen LogP contribution in [0.3, 0.4) is 0 Å². The minimum Gasteiger partial charge on any atom is -0.457 e. The molecule has 2 aromatic carbocycles.